The number of nitrogens with zero attached hydrogens (tertiary/aromatic N) is 1. The Morgan fingerprint density at radius 2 is 2.00 bits per heavy atom. The highest BCUT2D eigenvalue weighted by atomic mass is 16.3. The molecule has 0 aromatic heterocycles. The van der Waals surface area contributed by atoms with E-state index in [2.05, 4.69) is 4.90 Å². The number of aliphatic hydroxyl groups is 1. The van der Waals surface area contributed by atoms with E-state index in [0.29, 0.717) is 5.92 Å². The van der Waals surface area contributed by atoms with Crippen LogP contribution in [0.25, 0.3) is 0 Å². The second-order valence-corrected chi connectivity index (χ2v) is 5.43. The van der Waals surface area contributed by atoms with Gasteiger partial charge in [-0.05, 0) is 37.0 Å². The summed E-state index contributed by atoms with van der Waals surface area (Å²) in [5.41, 5.74) is 0.725. The molecule has 0 amide bonds. The van der Waals surface area contributed by atoms with Crippen LogP contribution in [0.3, 0.4) is 0 Å². The van der Waals surface area contributed by atoms with Gasteiger partial charge >= 0.3 is 0 Å². The number of aliphatic hydroxyl groups excluding tert-OH is 1. The first-order chi connectivity index (χ1) is 6.27. The van der Waals surface area contributed by atoms with E-state index in [1.165, 1.54) is 45.2 Å². The first-order valence-electron chi connectivity index (χ1n) is 5.68. The van der Waals surface area contributed by atoms with Crippen LogP contribution >= 0.6 is 0 Å². The van der Waals surface area contributed by atoms with Gasteiger partial charge in [-0.15, -0.1) is 0 Å². The molecule has 1 heterocycles. The van der Waals surface area contributed by atoms with Crippen molar-refractivity contribution in [3.8, 4) is 0 Å². The van der Waals surface area contributed by atoms with Crippen molar-refractivity contribution < 1.29 is 5.11 Å². The Morgan fingerprint density at radius 1 is 1.31 bits per heavy atom. The minimum absolute atomic E-state index is 0.0163. The lowest BCUT2D eigenvalue weighted by atomic mass is 9.63. The van der Waals surface area contributed by atoms with E-state index in [-0.39, 0.29) is 6.10 Å². The third-order valence-electron chi connectivity index (χ3n) is 4.14. The molecule has 0 aromatic rings. The summed E-state index contributed by atoms with van der Waals surface area (Å²) in [5, 5.41) is 9.74. The zero-order chi connectivity index (χ0) is 8.89. The molecule has 2 aliphatic carbocycles. The Labute approximate surface area is 79.9 Å². The van der Waals surface area contributed by atoms with Crippen molar-refractivity contribution in [2.45, 2.75) is 38.2 Å². The molecule has 1 N–H and O–H groups in total. The molecule has 0 bridgehead atoms. The third-order valence-corrected chi connectivity index (χ3v) is 4.14. The van der Waals surface area contributed by atoms with Crippen LogP contribution in [-0.2, 0) is 0 Å². The second-order valence-electron chi connectivity index (χ2n) is 5.43. The molecule has 3 rings (SSSR count). The first kappa shape index (κ1) is 8.25. The number of rotatable bonds is 3. The van der Waals surface area contributed by atoms with Gasteiger partial charge in [0.05, 0.1) is 6.10 Å². The highest BCUT2D eigenvalue weighted by Gasteiger charge is 2.47. The van der Waals surface area contributed by atoms with E-state index in [0.717, 1.165) is 12.0 Å². The summed E-state index contributed by atoms with van der Waals surface area (Å²) in [4.78, 5) is 2.45. The lowest BCUT2D eigenvalue weighted by Crippen LogP contribution is -2.61. The van der Waals surface area contributed by atoms with Gasteiger partial charge in [-0.3, -0.25) is 4.90 Å². The first-order valence-corrected chi connectivity index (χ1v) is 5.68. The summed E-state index contributed by atoms with van der Waals surface area (Å²) < 4.78 is 0. The summed E-state index contributed by atoms with van der Waals surface area (Å²) >= 11 is 0. The lowest BCUT2D eigenvalue weighted by molar-refractivity contribution is -0.0782. The summed E-state index contributed by atoms with van der Waals surface area (Å²) in [6, 6.07) is 0. The van der Waals surface area contributed by atoms with Crippen LogP contribution in [0.2, 0.25) is 0 Å². The van der Waals surface area contributed by atoms with E-state index in [4.69, 9.17) is 0 Å². The quantitative estimate of drug-likeness (QED) is 0.708. The molecule has 1 unspecified atom stereocenters. The predicted molar refractivity (Wildman–Crippen MR) is 51.5 cm³/mol. The lowest BCUT2D eigenvalue weighted by Gasteiger charge is -2.56. The number of hydrogen-bond acceptors (Lipinski definition) is 2. The van der Waals surface area contributed by atoms with Gasteiger partial charge in [0.2, 0.25) is 0 Å². The zero-order valence-corrected chi connectivity index (χ0v) is 8.21. The molecule has 13 heavy (non-hydrogen) atoms. The van der Waals surface area contributed by atoms with Gasteiger partial charge in [-0.1, -0.05) is 6.42 Å². The summed E-state index contributed by atoms with van der Waals surface area (Å²) in [6.07, 6.45) is 6.85. The molecule has 2 saturated carbocycles. The summed E-state index contributed by atoms with van der Waals surface area (Å²) in [7, 11) is 0. The van der Waals surface area contributed by atoms with Crippen molar-refractivity contribution in [3.05, 3.63) is 0 Å². The van der Waals surface area contributed by atoms with Gasteiger partial charge in [0.15, 0.2) is 0 Å². The van der Waals surface area contributed by atoms with Crippen molar-refractivity contribution in [1.29, 1.82) is 0 Å². The highest BCUT2D eigenvalue weighted by molar-refractivity contribution is 5.01. The van der Waals surface area contributed by atoms with Gasteiger partial charge in [-0.2, -0.15) is 0 Å². The Hall–Kier alpha value is -0.0800. The van der Waals surface area contributed by atoms with Crippen molar-refractivity contribution in [3.63, 3.8) is 0 Å². The van der Waals surface area contributed by atoms with E-state index < -0.39 is 0 Å². The monoisotopic (exact) mass is 181 g/mol. The Balaban J connectivity index is 1.43. The smallest absolute Gasteiger partial charge is 0.0695 e. The van der Waals surface area contributed by atoms with Gasteiger partial charge < -0.3 is 5.11 Å². The van der Waals surface area contributed by atoms with E-state index >= 15 is 0 Å². The highest BCUT2D eigenvalue weighted by Crippen LogP contribution is 2.48. The van der Waals surface area contributed by atoms with Crippen molar-refractivity contribution in [1.82, 2.24) is 4.90 Å². The molecule has 1 atom stereocenters. The van der Waals surface area contributed by atoms with Crippen LogP contribution in [0, 0.1) is 11.3 Å². The number of hydrogen-bond donors (Lipinski definition) is 1. The normalized spacial score (nSPS) is 33.9. The van der Waals surface area contributed by atoms with E-state index in [9.17, 15) is 5.11 Å². The van der Waals surface area contributed by atoms with Gasteiger partial charge in [-0.25, -0.2) is 0 Å². The summed E-state index contributed by atoms with van der Waals surface area (Å²) in [6.45, 7) is 3.50. The van der Waals surface area contributed by atoms with Crippen molar-refractivity contribution >= 4 is 0 Å². The molecule has 2 heteroatoms. The molecule has 3 aliphatic rings. The Morgan fingerprint density at radius 3 is 2.46 bits per heavy atom. The SMILES string of the molecule is OC(CN1CC2(CCC2)C1)C1CC1. The number of likely N-dealkylation sites (tertiary alicyclic amines) is 1. The second kappa shape index (κ2) is 2.71. The van der Waals surface area contributed by atoms with Crippen molar-refractivity contribution in [2.75, 3.05) is 19.6 Å². The minimum Gasteiger partial charge on any atom is -0.392 e. The molecule has 3 fully saturated rings. The molecule has 1 spiro atoms. The molecular formula is C11H19NO. The zero-order valence-electron chi connectivity index (χ0n) is 8.21. The molecule has 1 aliphatic heterocycles. The third kappa shape index (κ3) is 1.40. The average Bonchev–Trinajstić information content (AvgIpc) is 2.72. The topological polar surface area (TPSA) is 23.5 Å². The standard InChI is InChI=1S/C11H19NO/c13-10(9-2-3-9)6-12-7-11(8-12)4-1-5-11/h9-10,13H,1-8H2. The molecule has 2 nitrogen and oxygen atoms in total. The van der Waals surface area contributed by atoms with Gasteiger partial charge in [0, 0.05) is 19.6 Å². The average molecular weight is 181 g/mol. The largest absolute Gasteiger partial charge is 0.392 e. The fourth-order valence-corrected chi connectivity index (χ4v) is 2.92. The van der Waals surface area contributed by atoms with Crippen LogP contribution in [0.5, 0.6) is 0 Å². The molecular weight excluding hydrogens is 162 g/mol. The summed E-state index contributed by atoms with van der Waals surface area (Å²) in [5.74, 6) is 0.651. The predicted octanol–water partition coefficient (Wildman–Crippen LogP) is 1.24. The fraction of sp³-hybridized carbons (Fsp3) is 1.00. The van der Waals surface area contributed by atoms with Gasteiger partial charge in [0.25, 0.3) is 0 Å². The molecule has 0 radical (unpaired) electrons. The maximum Gasteiger partial charge on any atom is 0.0695 e. The van der Waals surface area contributed by atoms with Crippen LogP contribution in [0.15, 0.2) is 0 Å². The Bertz CT molecular complexity index is 200. The van der Waals surface area contributed by atoms with Crippen LogP contribution in [0.4, 0.5) is 0 Å². The molecule has 0 aromatic carbocycles. The van der Waals surface area contributed by atoms with Gasteiger partial charge in [0.1, 0.15) is 0 Å². The molecule has 74 valence electrons. The van der Waals surface area contributed by atoms with E-state index in [1.807, 2.05) is 0 Å². The van der Waals surface area contributed by atoms with E-state index in [1.54, 1.807) is 0 Å². The minimum atomic E-state index is -0.0163. The van der Waals surface area contributed by atoms with Crippen LogP contribution in [0.1, 0.15) is 32.1 Å². The Kier molecular flexibility index (Phi) is 1.72. The maximum atomic E-state index is 9.74. The van der Waals surface area contributed by atoms with Crippen LogP contribution in [-0.4, -0.2) is 35.7 Å². The van der Waals surface area contributed by atoms with Crippen molar-refractivity contribution in [2.24, 2.45) is 11.3 Å². The van der Waals surface area contributed by atoms with Crippen LogP contribution < -0.4 is 0 Å². The maximum absolute atomic E-state index is 9.74. The fourth-order valence-electron chi connectivity index (χ4n) is 2.92. The number of β-amino-alcohol motifs (C(OH)–C–C–N with tert-alkyl or cyclic N) is 1. The molecule has 1 saturated heterocycles.